The predicted octanol–water partition coefficient (Wildman–Crippen LogP) is 3.23. The number of hydrogen-bond acceptors (Lipinski definition) is 4. The molecule has 0 aliphatic carbocycles. The second-order valence-corrected chi connectivity index (χ2v) is 7.76. The van der Waals surface area contributed by atoms with Gasteiger partial charge in [0.25, 0.3) is 0 Å². The van der Waals surface area contributed by atoms with Crippen LogP contribution in [0.4, 0.5) is 0 Å². The van der Waals surface area contributed by atoms with Gasteiger partial charge in [0.05, 0.1) is 31.4 Å². The molecule has 2 fully saturated rings. The Morgan fingerprint density at radius 1 is 1.19 bits per heavy atom. The van der Waals surface area contributed by atoms with E-state index in [0.717, 1.165) is 51.3 Å². The summed E-state index contributed by atoms with van der Waals surface area (Å²) in [5.74, 6) is 1.36. The van der Waals surface area contributed by atoms with Gasteiger partial charge in [0.15, 0.2) is 0 Å². The quantitative estimate of drug-likeness (QED) is 0.785. The minimum atomic E-state index is 0.103. The van der Waals surface area contributed by atoms with Crippen molar-refractivity contribution in [2.24, 2.45) is 5.92 Å². The van der Waals surface area contributed by atoms with Crippen molar-refractivity contribution in [3.8, 4) is 0 Å². The Labute approximate surface area is 160 Å². The first kappa shape index (κ1) is 18.3. The van der Waals surface area contributed by atoms with Crippen molar-refractivity contribution in [1.82, 2.24) is 9.80 Å². The van der Waals surface area contributed by atoms with Crippen molar-refractivity contribution < 1.29 is 13.9 Å². The lowest BCUT2D eigenvalue weighted by Gasteiger charge is -2.42. The molecule has 27 heavy (non-hydrogen) atoms. The number of furan rings is 1. The summed E-state index contributed by atoms with van der Waals surface area (Å²) in [6.07, 6.45) is 3.92. The normalized spacial score (nSPS) is 21.2. The highest BCUT2D eigenvalue weighted by atomic mass is 16.5. The number of likely N-dealkylation sites (tertiary alicyclic amines) is 2. The fraction of sp³-hybridized carbons (Fsp3) is 0.500. The van der Waals surface area contributed by atoms with Gasteiger partial charge >= 0.3 is 0 Å². The van der Waals surface area contributed by atoms with Gasteiger partial charge in [-0.3, -0.25) is 9.69 Å². The monoisotopic (exact) mass is 368 g/mol. The maximum Gasteiger partial charge on any atom is 0.227 e. The van der Waals surface area contributed by atoms with E-state index in [1.54, 1.807) is 6.26 Å². The Hall–Kier alpha value is -2.11. The van der Waals surface area contributed by atoms with Crippen LogP contribution in [-0.4, -0.2) is 48.0 Å². The van der Waals surface area contributed by atoms with E-state index in [0.29, 0.717) is 6.61 Å². The van der Waals surface area contributed by atoms with Gasteiger partial charge in [-0.1, -0.05) is 24.3 Å². The van der Waals surface area contributed by atoms with Gasteiger partial charge in [0.1, 0.15) is 5.76 Å². The third-order valence-corrected chi connectivity index (χ3v) is 5.71. The standard InChI is InChI=1S/C22H28N2O3/c1-17-6-2-3-7-19(17)16-27-21-14-24(15-21)22(25)18-8-4-10-23(12-18)13-20-9-5-11-26-20/h2-3,5-7,9,11,18,21H,4,8,10,12-16H2,1H3. The van der Waals surface area contributed by atoms with Crippen LogP contribution in [0, 0.1) is 12.8 Å². The van der Waals surface area contributed by atoms with Gasteiger partial charge in [-0.2, -0.15) is 0 Å². The molecule has 1 unspecified atom stereocenters. The van der Waals surface area contributed by atoms with E-state index in [2.05, 4.69) is 24.0 Å². The zero-order chi connectivity index (χ0) is 18.6. The van der Waals surface area contributed by atoms with Gasteiger partial charge in [-0.05, 0) is 49.6 Å². The van der Waals surface area contributed by atoms with Crippen molar-refractivity contribution in [1.29, 1.82) is 0 Å². The molecular weight excluding hydrogens is 340 g/mol. The van der Waals surface area contributed by atoms with E-state index in [4.69, 9.17) is 9.15 Å². The van der Waals surface area contributed by atoms with E-state index in [1.807, 2.05) is 29.2 Å². The molecule has 5 heteroatoms. The maximum absolute atomic E-state index is 12.8. The number of hydrogen-bond donors (Lipinski definition) is 0. The largest absolute Gasteiger partial charge is 0.468 e. The predicted molar refractivity (Wildman–Crippen MR) is 103 cm³/mol. The summed E-state index contributed by atoms with van der Waals surface area (Å²) in [7, 11) is 0. The average molecular weight is 368 g/mol. The highest BCUT2D eigenvalue weighted by Crippen LogP contribution is 2.24. The molecule has 1 atom stereocenters. The molecule has 1 aromatic carbocycles. The van der Waals surface area contributed by atoms with Crippen LogP contribution in [0.15, 0.2) is 47.1 Å². The molecule has 0 radical (unpaired) electrons. The topological polar surface area (TPSA) is 45.9 Å². The summed E-state index contributed by atoms with van der Waals surface area (Å²) in [6, 6.07) is 12.2. The molecular formula is C22H28N2O3. The third-order valence-electron chi connectivity index (χ3n) is 5.71. The fourth-order valence-corrected chi connectivity index (χ4v) is 3.99. The molecule has 2 aromatic rings. The zero-order valence-corrected chi connectivity index (χ0v) is 16.0. The van der Waals surface area contributed by atoms with Gasteiger partial charge in [0.2, 0.25) is 5.91 Å². The lowest BCUT2D eigenvalue weighted by Crippen LogP contribution is -2.57. The summed E-state index contributed by atoms with van der Waals surface area (Å²) in [6.45, 7) is 6.82. The molecule has 0 N–H and O–H groups in total. The summed E-state index contributed by atoms with van der Waals surface area (Å²) in [5.41, 5.74) is 2.48. The number of aryl methyl sites for hydroxylation is 1. The van der Waals surface area contributed by atoms with Crippen LogP contribution in [0.3, 0.4) is 0 Å². The summed E-state index contributed by atoms with van der Waals surface area (Å²) < 4.78 is 11.4. The van der Waals surface area contributed by atoms with Crippen LogP contribution in [0.1, 0.15) is 29.7 Å². The van der Waals surface area contributed by atoms with Crippen LogP contribution >= 0.6 is 0 Å². The highest BCUT2D eigenvalue weighted by Gasteiger charge is 2.36. The number of nitrogens with zero attached hydrogens (tertiary/aromatic N) is 2. The molecule has 2 aliphatic heterocycles. The van der Waals surface area contributed by atoms with Gasteiger partial charge < -0.3 is 14.1 Å². The molecule has 0 bridgehead atoms. The number of ether oxygens (including phenoxy) is 1. The Morgan fingerprint density at radius 2 is 2.04 bits per heavy atom. The van der Waals surface area contributed by atoms with Crippen LogP contribution in [0.5, 0.6) is 0 Å². The van der Waals surface area contributed by atoms with Gasteiger partial charge in [-0.25, -0.2) is 0 Å². The number of rotatable bonds is 6. The first-order chi connectivity index (χ1) is 13.2. The minimum Gasteiger partial charge on any atom is -0.468 e. The molecule has 5 nitrogen and oxygen atoms in total. The number of piperidine rings is 1. The SMILES string of the molecule is Cc1ccccc1COC1CN(C(=O)C2CCCN(Cc3ccco3)C2)C1. The zero-order valence-electron chi connectivity index (χ0n) is 16.0. The lowest BCUT2D eigenvalue weighted by atomic mass is 9.94. The molecule has 0 saturated carbocycles. The Bertz CT molecular complexity index is 753. The van der Waals surface area contributed by atoms with E-state index < -0.39 is 0 Å². The smallest absolute Gasteiger partial charge is 0.227 e. The molecule has 4 rings (SSSR count). The van der Waals surface area contributed by atoms with E-state index in [-0.39, 0.29) is 17.9 Å². The first-order valence-electron chi connectivity index (χ1n) is 9.88. The number of amides is 1. The average Bonchev–Trinajstić information content (AvgIpc) is 3.15. The Morgan fingerprint density at radius 3 is 2.81 bits per heavy atom. The summed E-state index contributed by atoms with van der Waals surface area (Å²) in [5, 5.41) is 0. The van der Waals surface area contributed by atoms with E-state index >= 15 is 0 Å². The van der Waals surface area contributed by atoms with Crippen LogP contribution in [-0.2, 0) is 22.7 Å². The number of carbonyl (C=O) groups is 1. The number of carbonyl (C=O) groups excluding carboxylic acids is 1. The summed E-state index contributed by atoms with van der Waals surface area (Å²) >= 11 is 0. The third kappa shape index (κ3) is 4.42. The molecule has 3 heterocycles. The second kappa shape index (κ2) is 8.28. The molecule has 0 spiro atoms. The van der Waals surface area contributed by atoms with E-state index in [1.165, 1.54) is 11.1 Å². The number of benzene rings is 1. The Kier molecular flexibility index (Phi) is 5.60. The Balaban J connectivity index is 1.22. The fourth-order valence-electron chi connectivity index (χ4n) is 3.99. The maximum atomic E-state index is 12.8. The first-order valence-corrected chi connectivity index (χ1v) is 9.88. The molecule has 2 saturated heterocycles. The van der Waals surface area contributed by atoms with Crippen LogP contribution in [0.2, 0.25) is 0 Å². The van der Waals surface area contributed by atoms with Crippen molar-refractivity contribution in [3.05, 3.63) is 59.5 Å². The van der Waals surface area contributed by atoms with Crippen LogP contribution in [0.25, 0.3) is 0 Å². The van der Waals surface area contributed by atoms with Crippen molar-refractivity contribution >= 4 is 5.91 Å². The van der Waals surface area contributed by atoms with Gasteiger partial charge in [0, 0.05) is 19.6 Å². The highest BCUT2D eigenvalue weighted by molar-refractivity contribution is 5.80. The second-order valence-electron chi connectivity index (χ2n) is 7.76. The van der Waals surface area contributed by atoms with E-state index in [9.17, 15) is 4.79 Å². The van der Waals surface area contributed by atoms with Crippen LogP contribution < -0.4 is 0 Å². The minimum absolute atomic E-state index is 0.103. The molecule has 144 valence electrons. The molecule has 1 aromatic heterocycles. The van der Waals surface area contributed by atoms with Crippen molar-refractivity contribution in [2.45, 2.75) is 39.0 Å². The van der Waals surface area contributed by atoms with Crippen molar-refractivity contribution in [3.63, 3.8) is 0 Å². The summed E-state index contributed by atoms with van der Waals surface area (Å²) in [4.78, 5) is 17.1. The molecule has 1 amide bonds. The lowest BCUT2D eigenvalue weighted by molar-refractivity contribution is -0.152. The van der Waals surface area contributed by atoms with Gasteiger partial charge in [-0.15, -0.1) is 0 Å². The van der Waals surface area contributed by atoms with Crippen molar-refractivity contribution in [2.75, 3.05) is 26.2 Å². The molecule has 2 aliphatic rings.